The molecule has 0 aliphatic carbocycles. The van der Waals surface area contributed by atoms with Crippen molar-refractivity contribution in [2.75, 3.05) is 0 Å². The molecule has 2 aromatic carbocycles. The third-order valence-corrected chi connectivity index (χ3v) is 6.38. The Morgan fingerprint density at radius 2 is 1.95 bits per heavy atom. The summed E-state index contributed by atoms with van der Waals surface area (Å²) in [6.07, 6.45) is 0.872. The average molecular weight is 521 g/mol. The van der Waals surface area contributed by atoms with Crippen LogP contribution in [-0.2, 0) is 7.05 Å². The first-order valence-corrected chi connectivity index (χ1v) is 11.8. The van der Waals surface area contributed by atoms with Crippen molar-refractivity contribution >= 4 is 39.4 Å². The standard InChI is InChI=1S/C27H22ClFN4O4/c1-12-9-16(14(3)36-20-7-8-21(28)31-23(20)27(30)35)26-17(10-12)24(34)13(2)25(37-26)15-5-6-19-18(22(15)29)11-33(4)32-19/h5-11,14H,1-4H3,(H2,30,35)/t14-/m1/s1. The van der Waals surface area contributed by atoms with Crippen molar-refractivity contribution in [1.82, 2.24) is 14.8 Å². The largest absolute Gasteiger partial charge is 0.483 e. The van der Waals surface area contributed by atoms with E-state index in [0.717, 1.165) is 5.56 Å². The van der Waals surface area contributed by atoms with Gasteiger partial charge in [0, 0.05) is 24.4 Å². The van der Waals surface area contributed by atoms with E-state index >= 15 is 4.39 Å². The summed E-state index contributed by atoms with van der Waals surface area (Å²) < 4.78 is 29.4. The van der Waals surface area contributed by atoms with E-state index in [1.54, 1.807) is 45.3 Å². The number of amides is 1. The van der Waals surface area contributed by atoms with Gasteiger partial charge in [0.05, 0.1) is 21.9 Å². The molecule has 1 amide bonds. The van der Waals surface area contributed by atoms with Crippen LogP contribution in [0.25, 0.3) is 33.2 Å². The number of ether oxygens (including phenoxy) is 1. The molecule has 0 fully saturated rings. The van der Waals surface area contributed by atoms with Gasteiger partial charge in [-0.2, -0.15) is 5.10 Å². The zero-order valence-corrected chi connectivity index (χ0v) is 21.2. The molecular weight excluding hydrogens is 499 g/mol. The smallest absolute Gasteiger partial charge is 0.271 e. The number of pyridine rings is 1. The molecule has 10 heteroatoms. The monoisotopic (exact) mass is 520 g/mol. The highest BCUT2D eigenvalue weighted by molar-refractivity contribution is 6.29. The Balaban J connectivity index is 1.70. The van der Waals surface area contributed by atoms with Crippen LogP contribution in [0.2, 0.25) is 5.15 Å². The summed E-state index contributed by atoms with van der Waals surface area (Å²) in [4.78, 5) is 29.3. The Morgan fingerprint density at radius 3 is 2.68 bits per heavy atom. The van der Waals surface area contributed by atoms with E-state index in [1.165, 1.54) is 16.8 Å². The summed E-state index contributed by atoms with van der Waals surface area (Å²) >= 11 is 5.91. The van der Waals surface area contributed by atoms with Gasteiger partial charge in [-0.3, -0.25) is 14.3 Å². The molecule has 2 N–H and O–H groups in total. The van der Waals surface area contributed by atoms with Crippen LogP contribution in [0.15, 0.2) is 51.8 Å². The number of halogens is 2. The fourth-order valence-corrected chi connectivity index (χ4v) is 4.58. The van der Waals surface area contributed by atoms with Crippen LogP contribution in [0.1, 0.15) is 40.2 Å². The Hall–Kier alpha value is -4.24. The molecule has 8 nitrogen and oxygen atoms in total. The van der Waals surface area contributed by atoms with Gasteiger partial charge in [-0.1, -0.05) is 11.6 Å². The number of nitrogens with zero attached hydrogens (tertiary/aromatic N) is 3. The van der Waals surface area contributed by atoms with Crippen LogP contribution in [0, 0.1) is 19.7 Å². The number of benzene rings is 2. The first-order valence-electron chi connectivity index (χ1n) is 11.4. The van der Waals surface area contributed by atoms with E-state index < -0.39 is 17.8 Å². The molecule has 1 atom stereocenters. The van der Waals surface area contributed by atoms with E-state index in [4.69, 9.17) is 26.5 Å². The fourth-order valence-electron chi connectivity index (χ4n) is 4.43. The quantitative estimate of drug-likeness (QED) is 0.311. The maximum Gasteiger partial charge on any atom is 0.271 e. The van der Waals surface area contributed by atoms with Crippen molar-refractivity contribution in [2.24, 2.45) is 12.8 Å². The lowest BCUT2D eigenvalue weighted by atomic mass is 9.99. The van der Waals surface area contributed by atoms with Gasteiger partial charge in [0.2, 0.25) is 0 Å². The molecule has 5 rings (SSSR count). The number of rotatable bonds is 5. The molecule has 0 saturated carbocycles. The van der Waals surface area contributed by atoms with Crippen molar-refractivity contribution in [3.8, 4) is 17.1 Å². The third kappa shape index (κ3) is 4.21. The second-order valence-electron chi connectivity index (χ2n) is 8.88. The number of carbonyl (C=O) groups is 1. The molecule has 3 heterocycles. The third-order valence-electron chi connectivity index (χ3n) is 6.17. The van der Waals surface area contributed by atoms with E-state index in [1.807, 2.05) is 13.0 Å². The zero-order chi connectivity index (χ0) is 26.6. The maximum atomic E-state index is 15.5. The number of primary amides is 1. The lowest BCUT2D eigenvalue weighted by Crippen LogP contribution is -2.17. The molecule has 0 saturated heterocycles. The molecule has 0 aliphatic heterocycles. The summed E-state index contributed by atoms with van der Waals surface area (Å²) in [5.74, 6) is -1.09. The number of fused-ring (bicyclic) bond motifs is 2. The van der Waals surface area contributed by atoms with Crippen LogP contribution in [-0.4, -0.2) is 20.7 Å². The average Bonchev–Trinajstić information content (AvgIpc) is 3.24. The van der Waals surface area contributed by atoms with Crippen molar-refractivity contribution in [1.29, 1.82) is 0 Å². The molecule has 0 spiro atoms. The number of hydrogen-bond donors (Lipinski definition) is 1. The fraction of sp³-hybridized carbons (Fsp3) is 0.185. The lowest BCUT2D eigenvalue weighted by molar-refractivity contribution is 0.0988. The second kappa shape index (κ2) is 9.01. The van der Waals surface area contributed by atoms with Gasteiger partial charge in [-0.15, -0.1) is 0 Å². The van der Waals surface area contributed by atoms with Crippen LogP contribution in [0.5, 0.6) is 5.75 Å². The molecular formula is C27H22ClFN4O4. The van der Waals surface area contributed by atoms with E-state index in [0.29, 0.717) is 21.9 Å². The lowest BCUT2D eigenvalue weighted by Gasteiger charge is -2.19. The van der Waals surface area contributed by atoms with E-state index in [2.05, 4.69) is 10.1 Å². The minimum atomic E-state index is -0.801. The molecule has 3 aromatic heterocycles. The highest BCUT2D eigenvalue weighted by Crippen LogP contribution is 2.35. The van der Waals surface area contributed by atoms with E-state index in [-0.39, 0.29) is 44.5 Å². The Morgan fingerprint density at radius 1 is 1.19 bits per heavy atom. The van der Waals surface area contributed by atoms with Crippen LogP contribution in [0.3, 0.4) is 0 Å². The van der Waals surface area contributed by atoms with Crippen molar-refractivity contribution < 1.29 is 18.3 Å². The first kappa shape index (κ1) is 24.5. The first-order chi connectivity index (χ1) is 17.5. The van der Waals surface area contributed by atoms with Crippen molar-refractivity contribution in [3.05, 3.63) is 86.2 Å². The number of hydrogen-bond acceptors (Lipinski definition) is 6. The topological polar surface area (TPSA) is 113 Å². The van der Waals surface area contributed by atoms with Gasteiger partial charge in [0.25, 0.3) is 5.91 Å². The van der Waals surface area contributed by atoms with Gasteiger partial charge in [-0.05, 0) is 62.7 Å². The van der Waals surface area contributed by atoms with Gasteiger partial charge in [0.15, 0.2) is 16.9 Å². The molecule has 37 heavy (non-hydrogen) atoms. The summed E-state index contributed by atoms with van der Waals surface area (Å²) in [6.45, 7) is 5.18. The Bertz CT molecular complexity index is 1790. The van der Waals surface area contributed by atoms with Gasteiger partial charge in [0.1, 0.15) is 28.4 Å². The highest BCUT2D eigenvalue weighted by Gasteiger charge is 2.23. The van der Waals surface area contributed by atoms with Crippen molar-refractivity contribution in [2.45, 2.75) is 26.9 Å². The number of aromatic nitrogens is 3. The predicted octanol–water partition coefficient (Wildman–Crippen LogP) is 5.39. The molecule has 0 aliphatic rings. The SMILES string of the molecule is Cc1cc([C@@H](C)Oc2ccc(Cl)nc2C(N)=O)c2oc(-c3ccc4nn(C)cc4c3F)c(C)c(=O)c2c1. The van der Waals surface area contributed by atoms with E-state index in [9.17, 15) is 9.59 Å². The summed E-state index contributed by atoms with van der Waals surface area (Å²) in [5.41, 5.74) is 7.52. The molecule has 0 bridgehead atoms. The van der Waals surface area contributed by atoms with Crippen LogP contribution in [0.4, 0.5) is 4.39 Å². The van der Waals surface area contributed by atoms with Crippen LogP contribution >= 0.6 is 11.6 Å². The molecule has 188 valence electrons. The molecule has 5 aromatic rings. The Kier molecular flexibility index (Phi) is 5.95. The normalized spacial score (nSPS) is 12.3. The highest BCUT2D eigenvalue weighted by atomic mass is 35.5. The van der Waals surface area contributed by atoms with Gasteiger partial charge in [-0.25, -0.2) is 9.37 Å². The number of carbonyl (C=O) groups excluding carboxylic acids is 1. The maximum absolute atomic E-state index is 15.5. The zero-order valence-electron chi connectivity index (χ0n) is 20.4. The van der Waals surface area contributed by atoms with Gasteiger partial charge < -0.3 is 14.9 Å². The van der Waals surface area contributed by atoms with Crippen molar-refractivity contribution in [3.63, 3.8) is 0 Å². The Labute approximate surface area is 215 Å². The molecule has 0 radical (unpaired) electrons. The van der Waals surface area contributed by atoms with Gasteiger partial charge >= 0.3 is 0 Å². The predicted molar refractivity (Wildman–Crippen MR) is 138 cm³/mol. The minimum Gasteiger partial charge on any atom is -0.483 e. The van der Waals surface area contributed by atoms with Crippen LogP contribution < -0.4 is 15.9 Å². The number of aryl methyl sites for hydroxylation is 2. The summed E-state index contributed by atoms with van der Waals surface area (Å²) in [5, 5.41) is 4.97. The summed E-state index contributed by atoms with van der Waals surface area (Å²) in [7, 11) is 1.70. The minimum absolute atomic E-state index is 0.0912. The number of nitrogens with two attached hydrogens (primary N) is 1. The summed E-state index contributed by atoms with van der Waals surface area (Å²) in [6, 6.07) is 9.72. The molecule has 0 unspecified atom stereocenters. The second-order valence-corrected chi connectivity index (χ2v) is 9.27.